The Morgan fingerprint density at radius 1 is 1.12 bits per heavy atom. The first-order valence-corrected chi connectivity index (χ1v) is 11.3. The van der Waals surface area contributed by atoms with E-state index in [0.29, 0.717) is 16.0 Å². The predicted molar refractivity (Wildman–Crippen MR) is 129 cm³/mol. The topological polar surface area (TPSA) is 88.9 Å². The summed E-state index contributed by atoms with van der Waals surface area (Å²) >= 11 is 7.36. The number of nitrogens with one attached hydrogen (secondary N) is 2. The number of hydrogen-bond donors (Lipinski definition) is 2. The highest BCUT2D eigenvalue weighted by molar-refractivity contribution is 7.99. The minimum absolute atomic E-state index is 0.124. The van der Waals surface area contributed by atoms with Crippen molar-refractivity contribution >= 4 is 46.9 Å². The van der Waals surface area contributed by atoms with Crippen LogP contribution in [0.5, 0.6) is 0 Å². The van der Waals surface area contributed by atoms with Crippen molar-refractivity contribution in [1.29, 1.82) is 0 Å². The number of aromatic nitrogens is 3. The van der Waals surface area contributed by atoms with Crippen molar-refractivity contribution in [2.45, 2.75) is 25.5 Å². The van der Waals surface area contributed by atoms with Crippen molar-refractivity contribution < 1.29 is 9.59 Å². The van der Waals surface area contributed by atoms with Gasteiger partial charge in [-0.1, -0.05) is 47.6 Å². The molecule has 0 saturated heterocycles. The van der Waals surface area contributed by atoms with Gasteiger partial charge in [-0.25, -0.2) is 0 Å². The van der Waals surface area contributed by atoms with E-state index in [9.17, 15) is 9.59 Å². The van der Waals surface area contributed by atoms with Crippen LogP contribution < -0.4 is 10.6 Å². The Morgan fingerprint density at radius 2 is 1.91 bits per heavy atom. The van der Waals surface area contributed by atoms with Gasteiger partial charge in [-0.05, 0) is 54.8 Å². The lowest BCUT2D eigenvalue weighted by molar-refractivity contribution is -0.116. The molecule has 0 aliphatic heterocycles. The molecule has 0 spiro atoms. The van der Waals surface area contributed by atoms with E-state index in [1.165, 1.54) is 23.4 Å². The van der Waals surface area contributed by atoms with E-state index < -0.39 is 0 Å². The smallest absolute Gasteiger partial charge is 0.244 e. The zero-order chi connectivity index (χ0) is 23.1. The minimum atomic E-state index is -0.269. The van der Waals surface area contributed by atoms with Gasteiger partial charge >= 0.3 is 0 Å². The maximum absolute atomic E-state index is 12.3. The molecule has 7 nitrogen and oxygen atoms in total. The molecule has 0 unspecified atom stereocenters. The number of halogens is 1. The summed E-state index contributed by atoms with van der Waals surface area (Å²) in [4.78, 5) is 24.4. The number of thioether (sulfide) groups is 1. The molecule has 32 heavy (non-hydrogen) atoms. The van der Waals surface area contributed by atoms with Crippen molar-refractivity contribution in [3.8, 4) is 0 Å². The van der Waals surface area contributed by atoms with Crippen LogP contribution in [0.25, 0.3) is 6.08 Å². The van der Waals surface area contributed by atoms with Crippen LogP contribution in [0, 0.1) is 13.8 Å². The van der Waals surface area contributed by atoms with Gasteiger partial charge in [0.05, 0.1) is 12.3 Å². The average molecular weight is 470 g/mol. The van der Waals surface area contributed by atoms with Crippen LogP contribution >= 0.6 is 23.4 Å². The number of carbonyl (C=O) groups is 2. The highest BCUT2D eigenvalue weighted by Crippen LogP contribution is 2.18. The quantitative estimate of drug-likeness (QED) is 0.382. The van der Waals surface area contributed by atoms with Crippen LogP contribution in [-0.2, 0) is 23.2 Å². The fourth-order valence-electron chi connectivity index (χ4n) is 2.77. The molecular formula is C23H24ClN5O2S. The lowest BCUT2D eigenvalue weighted by atomic mass is 10.1. The van der Waals surface area contributed by atoms with Crippen LogP contribution in [0.15, 0.2) is 53.7 Å². The molecule has 0 saturated carbocycles. The van der Waals surface area contributed by atoms with Crippen molar-refractivity contribution in [1.82, 2.24) is 20.1 Å². The fraction of sp³-hybridized carbons (Fsp3) is 0.217. The SMILES string of the molecule is Cc1ccc(NC(=O)CSc2nnc(CNC(=O)/C=C/c3ccccc3Cl)n2C)cc1C. The second-order valence-electron chi connectivity index (χ2n) is 7.17. The van der Waals surface area contributed by atoms with Crippen molar-refractivity contribution in [2.24, 2.45) is 7.05 Å². The number of benzene rings is 2. The molecule has 2 aromatic carbocycles. The molecule has 0 fully saturated rings. The Labute approximate surface area is 196 Å². The molecule has 3 aromatic rings. The Kier molecular flexibility index (Phi) is 8.08. The number of rotatable bonds is 8. The zero-order valence-electron chi connectivity index (χ0n) is 18.1. The van der Waals surface area contributed by atoms with Gasteiger partial charge in [-0.15, -0.1) is 10.2 Å². The van der Waals surface area contributed by atoms with Gasteiger partial charge in [0.2, 0.25) is 11.8 Å². The number of nitrogens with zero attached hydrogens (tertiary/aromatic N) is 3. The van der Waals surface area contributed by atoms with E-state index in [1.54, 1.807) is 23.8 Å². The second kappa shape index (κ2) is 11.0. The third-order valence-corrected chi connectivity index (χ3v) is 6.15. The number of carbonyl (C=O) groups excluding carboxylic acids is 2. The standard InChI is InChI=1S/C23H24ClN5O2S/c1-15-8-10-18(12-16(15)2)26-22(31)14-32-23-28-27-20(29(23)3)13-25-21(30)11-9-17-6-4-5-7-19(17)24/h4-12H,13-14H2,1-3H3,(H,25,30)(H,26,31)/b11-9+. The first kappa shape index (κ1) is 23.6. The third-order valence-electron chi connectivity index (χ3n) is 4.79. The number of amides is 2. The van der Waals surface area contributed by atoms with Gasteiger partial charge in [-0.3, -0.25) is 9.59 Å². The van der Waals surface area contributed by atoms with E-state index >= 15 is 0 Å². The summed E-state index contributed by atoms with van der Waals surface area (Å²) < 4.78 is 1.76. The van der Waals surface area contributed by atoms with Gasteiger partial charge in [0, 0.05) is 23.8 Å². The molecule has 0 aliphatic rings. The maximum Gasteiger partial charge on any atom is 0.244 e. The van der Waals surface area contributed by atoms with Crippen LogP contribution in [0.3, 0.4) is 0 Å². The second-order valence-corrected chi connectivity index (χ2v) is 8.52. The molecule has 2 amide bonds. The lowest BCUT2D eigenvalue weighted by Gasteiger charge is -2.08. The summed E-state index contributed by atoms with van der Waals surface area (Å²) in [7, 11) is 1.80. The summed E-state index contributed by atoms with van der Waals surface area (Å²) in [6.07, 6.45) is 3.08. The van der Waals surface area contributed by atoms with E-state index in [4.69, 9.17) is 11.6 Å². The highest BCUT2D eigenvalue weighted by atomic mass is 35.5. The van der Waals surface area contributed by atoms with Gasteiger partial charge in [0.1, 0.15) is 0 Å². The zero-order valence-corrected chi connectivity index (χ0v) is 19.6. The Bertz CT molecular complexity index is 1160. The summed E-state index contributed by atoms with van der Waals surface area (Å²) in [6.45, 7) is 4.25. The third kappa shape index (κ3) is 6.45. The molecule has 166 valence electrons. The van der Waals surface area contributed by atoms with Crippen molar-refractivity contribution in [2.75, 3.05) is 11.1 Å². The molecule has 0 bridgehead atoms. The number of hydrogen-bond acceptors (Lipinski definition) is 5. The van der Waals surface area contributed by atoms with Crippen LogP contribution in [0.4, 0.5) is 5.69 Å². The molecule has 0 atom stereocenters. The van der Waals surface area contributed by atoms with Crippen LogP contribution in [0.2, 0.25) is 5.02 Å². The van der Waals surface area contributed by atoms with Crippen molar-refractivity contribution in [3.63, 3.8) is 0 Å². The Hall–Kier alpha value is -3.10. The van der Waals surface area contributed by atoms with E-state index in [2.05, 4.69) is 20.8 Å². The van der Waals surface area contributed by atoms with Crippen LogP contribution in [-0.4, -0.2) is 32.3 Å². The monoisotopic (exact) mass is 469 g/mol. The van der Waals surface area contributed by atoms with Crippen molar-refractivity contribution in [3.05, 3.63) is 76.1 Å². The molecule has 9 heteroatoms. The van der Waals surface area contributed by atoms with E-state index in [-0.39, 0.29) is 24.1 Å². The van der Waals surface area contributed by atoms with Gasteiger partial charge in [0.15, 0.2) is 11.0 Å². The highest BCUT2D eigenvalue weighted by Gasteiger charge is 2.12. The van der Waals surface area contributed by atoms with Crippen LogP contribution in [0.1, 0.15) is 22.5 Å². The summed E-state index contributed by atoms with van der Waals surface area (Å²) in [5.41, 5.74) is 3.83. The average Bonchev–Trinajstić information content (AvgIpc) is 3.12. The summed E-state index contributed by atoms with van der Waals surface area (Å²) in [5, 5.41) is 15.0. The van der Waals surface area contributed by atoms with Gasteiger partial charge in [0.25, 0.3) is 0 Å². The molecular weight excluding hydrogens is 446 g/mol. The molecule has 0 aliphatic carbocycles. The van der Waals surface area contributed by atoms with E-state index in [0.717, 1.165) is 16.8 Å². The largest absolute Gasteiger partial charge is 0.345 e. The molecule has 2 N–H and O–H groups in total. The first-order chi connectivity index (χ1) is 15.3. The Morgan fingerprint density at radius 3 is 2.66 bits per heavy atom. The summed E-state index contributed by atoms with van der Waals surface area (Å²) in [5.74, 6) is 0.392. The molecule has 1 heterocycles. The minimum Gasteiger partial charge on any atom is -0.345 e. The maximum atomic E-state index is 12.3. The number of aryl methyl sites for hydroxylation is 2. The first-order valence-electron chi connectivity index (χ1n) is 9.92. The normalized spacial score (nSPS) is 11.0. The molecule has 3 rings (SSSR count). The van der Waals surface area contributed by atoms with Gasteiger partial charge < -0.3 is 15.2 Å². The predicted octanol–water partition coefficient (Wildman–Crippen LogP) is 4.15. The fourth-order valence-corrected chi connectivity index (χ4v) is 3.70. The number of anilines is 1. The molecule has 1 aromatic heterocycles. The Balaban J connectivity index is 1.49. The summed E-state index contributed by atoms with van der Waals surface area (Å²) in [6, 6.07) is 13.1. The van der Waals surface area contributed by atoms with E-state index in [1.807, 2.05) is 50.2 Å². The lowest BCUT2D eigenvalue weighted by Crippen LogP contribution is -2.22. The van der Waals surface area contributed by atoms with Gasteiger partial charge in [-0.2, -0.15) is 0 Å². The molecule has 0 radical (unpaired) electrons.